The Morgan fingerprint density at radius 3 is 2.78 bits per heavy atom. The van der Waals surface area contributed by atoms with Gasteiger partial charge in [-0.3, -0.25) is 14.6 Å². The second kappa shape index (κ2) is 6.83. The van der Waals surface area contributed by atoms with Crippen LogP contribution >= 0.6 is 0 Å². The van der Waals surface area contributed by atoms with E-state index in [9.17, 15) is 9.59 Å². The van der Waals surface area contributed by atoms with Crippen LogP contribution in [0, 0.1) is 19.8 Å². The number of rotatable bonds is 3. The third-order valence-electron chi connectivity index (χ3n) is 5.04. The average molecular weight is 359 g/mol. The van der Waals surface area contributed by atoms with Crippen LogP contribution in [0.2, 0.25) is 0 Å². The zero-order valence-corrected chi connectivity index (χ0v) is 15.4. The maximum Gasteiger partial charge on any atom is 0.229 e. The van der Waals surface area contributed by atoms with Crippen molar-refractivity contribution in [3.8, 4) is 0 Å². The fourth-order valence-electron chi connectivity index (χ4n) is 3.61. The minimum atomic E-state index is -0.378. The van der Waals surface area contributed by atoms with Gasteiger partial charge in [0.25, 0.3) is 0 Å². The van der Waals surface area contributed by atoms with E-state index in [-0.39, 0.29) is 24.2 Å². The van der Waals surface area contributed by atoms with Crippen LogP contribution in [0.1, 0.15) is 17.5 Å². The molecule has 0 saturated carbocycles. The molecule has 5 nitrogen and oxygen atoms in total. The number of fused-ring (bicyclic) bond motifs is 1. The van der Waals surface area contributed by atoms with E-state index >= 15 is 0 Å². The summed E-state index contributed by atoms with van der Waals surface area (Å²) in [7, 11) is 0. The van der Waals surface area contributed by atoms with Gasteiger partial charge in [-0.1, -0.05) is 35.9 Å². The molecule has 136 valence electrons. The highest BCUT2D eigenvalue weighted by atomic mass is 16.2. The molecule has 0 radical (unpaired) electrons. The molecule has 2 aromatic carbocycles. The van der Waals surface area contributed by atoms with E-state index in [1.165, 1.54) is 0 Å². The zero-order valence-electron chi connectivity index (χ0n) is 15.4. The molecule has 0 spiro atoms. The highest BCUT2D eigenvalue weighted by Crippen LogP contribution is 2.31. The Balaban J connectivity index is 1.56. The Bertz CT molecular complexity index is 1040. The minimum Gasteiger partial charge on any atom is -0.326 e. The number of nitrogens with zero attached hydrogens (tertiary/aromatic N) is 2. The van der Waals surface area contributed by atoms with Gasteiger partial charge < -0.3 is 10.2 Å². The summed E-state index contributed by atoms with van der Waals surface area (Å²) >= 11 is 0. The number of amides is 2. The first-order valence-corrected chi connectivity index (χ1v) is 9.05. The maximum atomic E-state index is 12.7. The standard InChI is InChI=1S/C22H21N3O2/c1-14-8-9-18(15(2)11-14)24-22(27)17-12-20(26)25(13-17)19-7-3-5-16-6-4-10-23-21(16)19/h3-11,17H,12-13H2,1-2H3,(H,24,27). The average Bonchev–Trinajstić information content (AvgIpc) is 3.05. The van der Waals surface area contributed by atoms with Crippen LogP contribution in [0.5, 0.6) is 0 Å². The lowest BCUT2D eigenvalue weighted by atomic mass is 10.1. The van der Waals surface area contributed by atoms with E-state index in [0.717, 1.165) is 33.4 Å². The first-order chi connectivity index (χ1) is 13.0. The second-order valence-corrected chi connectivity index (χ2v) is 7.07. The summed E-state index contributed by atoms with van der Waals surface area (Å²) in [6.45, 7) is 4.35. The van der Waals surface area contributed by atoms with Crippen LogP contribution in [0.3, 0.4) is 0 Å². The molecule has 1 fully saturated rings. The number of carbonyl (C=O) groups excluding carboxylic acids is 2. The summed E-state index contributed by atoms with van der Waals surface area (Å²) < 4.78 is 0. The van der Waals surface area contributed by atoms with Gasteiger partial charge in [0.15, 0.2) is 0 Å². The molecule has 1 unspecified atom stereocenters. The van der Waals surface area contributed by atoms with Crippen LogP contribution < -0.4 is 10.2 Å². The summed E-state index contributed by atoms with van der Waals surface area (Å²) in [5, 5.41) is 3.95. The molecular formula is C22H21N3O2. The predicted molar refractivity (Wildman–Crippen MR) is 107 cm³/mol. The van der Waals surface area contributed by atoms with Crippen molar-refractivity contribution < 1.29 is 9.59 Å². The van der Waals surface area contributed by atoms with Crippen molar-refractivity contribution >= 4 is 34.1 Å². The minimum absolute atomic E-state index is 0.0473. The zero-order chi connectivity index (χ0) is 19.0. The molecule has 1 N–H and O–H groups in total. The van der Waals surface area contributed by atoms with E-state index in [1.807, 2.05) is 62.4 Å². The van der Waals surface area contributed by atoms with Crippen LogP contribution in [-0.4, -0.2) is 23.3 Å². The summed E-state index contributed by atoms with van der Waals surface area (Å²) in [4.78, 5) is 31.5. The number of carbonyl (C=O) groups is 2. The van der Waals surface area contributed by atoms with Gasteiger partial charge in [0.2, 0.25) is 11.8 Å². The number of nitrogens with one attached hydrogen (secondary N) is 1. The molecule has 0 aliphatic carbocycles. The number of aromatic nitrogens is 1. The van der Waals surface area contributed by atoms with Gasteiger partial charge in [0, 0.05) is 30.2 Å². The first-order valence-electron chi connectivity index (χ1n) is 9.05. The molecule has 1 atom stereocenters. The van der Waals surface area contributed by atoms with Gasteiger partial charge in [-0.15, -0.1) is 0 Å². The van der Waals surface area contributed by atoms with Crippen molar-refractivity contribution in [2.24, 2.45) is 5.92 Å². The Morgan fingerprint density at radius 1 is 1.15 bits per heavy atom. The molecule has 1 aromatic heterocycles. The third-order valence-corrected chi connectivity index (χ3v) is 5.04. The smallest absolute Gasteiger partial charge is 0.229 e. The van der Waals surface area contributed by atoms with Gasteiger partial charge >= 0.3 is 0 Å². The van der Waals surface area contributed by atoms with E-state index in [2.05, 4.69) is 10.3 Å². The monoisotopic (exact) mass is 359 g/mol. The Morgan fingerprint density at radius 2 is 1.96 bits per heavy atom. The van der Waals surface area contributed by atoms with Gasteiger partial charge in [0.1, 0.15) is 0 Å². The summed E-state index contributed by atoms with van der Waals surface area (Å²) in [6, 6.07) is 15.5. The molecule has 2 heterocycles. The topological polar surface area (TPSA) is 62.3 Å². The molecule has 1 aliphatic rings. The van der Waals surface area contributed by atoms with Crippen LogP contribution in [0.15, 0.2) is 54.7 Å². The lowest BCUT2D eigenvalue weighted by Crippen LogP contribution is -2.28. The number of hydrogen-bond acceptors (Lipinski definition) is 3. The van der Waals surface area contributed by atoms with E-state index in [4.69, 9.17) is 0 Å². The van der Waals surface area contributed by atoms with Crippen molar-refractivity contribution in [2.75, 3.05) is 16.8 Å². The maximum absolute atomic E-state index is 12.7. The number of pyridine rings is 1. The van der Waals surface area contributed by atoms with Crippen LogP contribution in [0.25, 0.3) is 10.9 Å². The highest BCUT2D eigenvalue weighted by Gasteiger charge is 2.36. The van der Waals surface area contributed by atoms with Crippen molar-refractivity contribution in [1.82, 2.24) is 4.98 Å². The first kappa shape index (κ1) is 17.2. The molecule has 2 amide bonds. The van der Waals surface area contributed by atoms with E-state index < -0.39 is 0 Å². The molecule has 0 bridgehead atoms. The molecule has 3 aromatic rings. The molecule has 27 heavy (non-hydrogen) atoms. The molecule has 1 saturated heterocycles. The number of benzene rings is 2. The second-order valence-electron chi connectivity index (χ2n) is 7.07. The van der Waals surface area contributed by atoms with Gasteiger partial charge in [0.05, 0.1) is 17.1 Å². The predicted octanol–water partition coefficient (Wildman–Crippen LogP) is 3.84. The quantitative estimate of drug-likeness (QED) is 0.773. The Hall–Kier alpha value is -3.21. The van der Waals surface area contributed by atoms with Crippen molar-refractivity contribution in [3.05, 3.63) is 65.9 Å². The molecule has 1 aliphatic heterocycles. The summed E-state index contributed by atoms with van der Waals surface area (Å²) in [5.41, 5.74) is 4.51. The van der Waals surface area contributed by atoms with Gasteiger partial charge in [-0.05, 0) is 37.6 Å². The van der Waals surface area contributed by atoms with Crippen molar-refractivity contribution in [1.29, 1.82) is 0 Å². The number of hydrogen-bond donors (Lipinski definition) is 1. The van der Waals surface area contributed by atoms with Gasteiger partial charge in [-0.2, -0.15) is 0 Å². The fraction of sp³-hybridized carbons (Fsp3) is 0.227. The Kier molecular flexibility index (Phi) is 4.36. The normalized spacial score (nSPS) is 16.7. The number of anilines is 2. The highest BCUT2D eigenvalue weighted by molar-refractivity contribution is 6.07. The van der Waals surface area contributed by atoms with E-state index in [0.29, 0.717) is 6.54 Å². The fourth-order valence-corrected chi connectivity index (χ4v) is 3.61. The lowest BCUT2D eigenvalue weighted by molar-refractivity contribution is -0.122. The summed E-state index contributed by atoms with van der Waals surface area (Å²) in [5.74, 6) is -0.544. The molecule has 5 heteroatoms. The number of aryl methyl sites for hydroxylation is 2. The van der Waals surface area contributed by atoms with E-state index in [1.54, 1.807) is 11.1 Å². The molecule has 4 rings (SSSR count). The van der Waals surface area contributed by atoms with Crippen LogP contribution in [-0.2, 0) is 9.59 Å². The van der Waals surface area contributed by atoms with Crippen LogP contribution in [0.4, 0.5) is 11.4 Å². The van der Waals surface area contributed by atoms with Gasteiger partial charge in [-0.25, -0.2) is 0 Å². The molecular weight excluding hydrogens is 338 g/mol. The third kappa shape index (κ3) is 3.28. The summed E-state index contributed by atoms with van der Waals surface area (Å²) in [6.07, 6.45) is 1.93. The SMILES string of the molecule is Cc1ccc(NC(=O)C2CC(=O)N(c3cccc4cccnc34)C2)c(C)c1. The van der Waals surface area contributed by atoms with Crippen molar-refractivity contribution in [3.63, 3.8) is 0 Å². The largest absolute Gasteiger partial charge is 0.326 e. The van der Waals surface area contributed by atoms with Crippen molar-refractivity contribution in [2.45, 2.75) is 20.3 Å². The Labute approximate surface area is 158 Å². The number of para-hydroxylation sites is 1. The lowest BCUT2D eigenvalue weighted by Gasteiger charge is -2.18.